The van der Waals surface area contributed by atoms with Gasteiger partial charge in [0.15, 0.2) is 0 Å². The summed E-state index contributed by atoms with van der Waals surface area (Å²) in [6, 6.07) is 7.38. The van der Waals surface area contributed by atoms with E-state index < -0.39 is 0 Å². The summed E-state index contributed by atoms with van der Waals surface area (Å²) in [6.45, 7) is 0.681. The van der Waals surface area contributed by atoms with Crippen molar-refractivity contribution >= 4 is 22.5 Å². The van der Waals surface area contributed by atoms with Crippen molar-refractivity contribution in [2.75, 3.05) is 0 Å². The van der Waals surface area contributed by atoms with Crippen LogP contribution < -0.4 is 5.56 Å². The summed E-state index contributed by atoms with van der Waals surface area (Å²) in [6.07, 6.45) is 0.792. The predicted octanol–water partition coefficient (Wildman–Crippen LogP) is 2.08. The summed E-state index contributed by atoms with van der Waals surface area (Å²) in [4.78, 5) is 16.5. The number of benzene rings is 1. The van der Waals surface area contributed by atoms with Gasteiger partial charge in [-0.3, -0.25) is 9.36 Å². The van der Waals surface area contributed by atoms with E-state index in [2.05, 4.69) is 4.98 Å². The van der Waals surface area contributed by atoms with Gasteiger partial charge in [-0.15, -0.1) is 11.6 Å². The molecular weight excluding hydrogens is 212 g/mol. The topological polar surface area (TPSA) is 34.9 Å². The predicted molar refractivity (Wildman–Crippen MR) is 59.2 cm³/mol. The first-order valence-corrected chi connectivity index (χ1v) is 5.34. The molecule has 0 amide bonds. The molecule has 0 saturated heterocycles. The van der Waals surface area contributed by atoms with Crippen molar-refractivity contribution in [3.8, 4) is 0 Å². The molecule has 1 atom stereocenters. The Morgan fingerprint density at radius 2 is 2.20 bits per heavy atom. The SMILES string of the molecule is O=c1c2ccccc2nc2n1CC[C@@H]2Cl. The monoisotopic (exact) mass is 220 g/mol. The average Bonchev–Trinajstić information content (AvgIpc) is 2.62. The zero-order valence-electron chi connectivity index (χ0n) is 7.98. The largest absolute Gasteiger partial charge is 0.295 e. The second kappa shape index (κ2) is 3.07. The zero-order chi connectivity index (χ0) is 10.4. The fourth-order valence-electron chi connectivity index (χ4n) is 2.01. The van der Waals surface area contributed by atoms with E-state index in [-0.39, 0.29) is 10.9 Å². The number of rotatable bonds is 0. The Bertz CT molecular complexity index is 591. The maximum absolute atomic E-state index is 12.0. The smallest absolute Gasteiger partial charge is 0.261 e. The molecule has 1 aliphatic heterocycles. The lowest BCUT2D eigenvalue weighted by Crippen LogP contribution is -2.20. The third-order valence-corrected chi connectivity index (χ3v) is 3.19. The minimum Gasteiger partial charge on any atom is -0.295 e. The summed E-state index contributed by atoms with van der Waals surface area (Å²) in [7, 11) is 0. The molecule has 76 valence electrons. The van der Waals surface area contributed by atoms with Gasteiger partial charge in [0, 0.05) is 6.54 Å². The van der Waals surface area contributed by atoms with Crippen LogP contribution in [-0.2, 0) is 6.54 Å². The number of alkyl halides is 1. The maximum atomic E-state index is 12.0. The molecule has 0 fully saturated rings. The molecule has 0 radical (unpaired) electrons. The van der Waals surface area contributed by atoms with Gasteiger partial charge in [-0.25, -0.2) is 4.98 Å². The van der Waals surface area contributed by atoms with Crippen molar-refractivity contribution in [1.29, 1.82) is 0 Å². The van der Waals surface area contributed by atoms with E-state index in [9.17, 15) is 4.79 Å². The molecule has 0 unspecified atom stereocenters. The van der Waals surface area contributed by atoms with Crippen molar-refractivity contribution in [2.45, 2.75) is 18.3 Å². The Hall–Kier alpha value is -1.35. The van der Waals surface area contributed by atoms with Crippen LogP contribution in [0.4, 0.5) is 0 Å². The summed E-state index contributed by atoms with van der Waals surface area (Å²) in [5, 5.41) is 0.550. The number of fused-ring (bicyclic) bond motifs is 2. The lowest BCUT2D eigenvalue weighted by atomic mass is 10.2. The van der Waals surface area contributed by atoms with E-state index in [1.54, 1.807) is 10.6 Å². The highest BCUT2D eigenvalue weighted by molar-refractivity contribution is 6.20. The Balaban J connectivity index is 2.46. The molecule has 4 heteroatoms. The van der Waals surface area contributed by atoms with Crippen LogP contribution in [0.2, 0.25) is 0 Å². The first-order chi connectivity index (χ1) is 7.27. The lowest BCUT2D eigenvalue weighted by Gasteiger charge is -2.05. The van der Waals surface area contributed by atoms with Gasteiger partial charge in [-0.1, -0.05) is 12.1 Å². The molecule has 2 aromatic rings. The normalized spacial score (nSPS) is 19.4. The number of nitrogens with zero attached hydrogens (tertiary/aromatic N) is 2. The van der Waals surface area contributed by atoms with Crippen molar-refractivity contribution in [3.63, 3.8) is 0 Å². The van der Waals surface area contributed by atoms with Crippen LogP contribution in [0.15, 0.2) is 29.1 Å². The highest BCUT2D eigenvalue weighted by atomic mass is 35.5. The molecule has 3 rings (SSSR count). The van der Waals surface area contributed by atoms with Gasteiger partial charge in [-0.05, 0) is 18.6 Å². The first kappa shape index (κ1) is 8.92. The van der Waals surface area contributed by atoms with Crippen LogP contribution in [0, 0.1) is 0 Å². The second-order valence-electron chi connectivity index (χ2n) is 3.70. The van der Waals surface area contributed by atoms with Crippen LogP contribution in [0.5, 0.6) is 0 Å². The van der Waals surface area contributed by atoms with Gasteiger partial charge >= 0.3 is 0 Å². The third-order valence-electron chi connectivity index (χ3n) is 2.78. The standard InChI is InChI=1S/C11H9ClN2O/c12-8-5-6-14-10(8)13-9-4-2-1-3-7(9)11(14)15/h1-4,8H,5-6H2/t8-/m0/s1. The van der Waals surface area contributed by atoms with E-state index in [1.165, 1.54) is 0 Å². The van der Waals surface area contributed by atoms with E-state index in [0.717, 1.165) is 11.9 Å². The zero-order valence-corrected chi connectivity index (χ0v) is 8.74. The van der Waals surface area contributed by atoms with Gasteiger partial charge in [-0.2, -0.15) is 0 Å². The fraction of sp³-hybridized carbons (Fsp3) is 0.273. The summed E-state index contributed by atoms with van der Waals surface area (Å²) >= 11 is 6.09. The summed E-state index contributed by atoms with van der Waals surface area (Å²) in [5.41, 5.74) is 0.764. The molecule has 3 nitrogen and oxygen atoms in total. The fourth-order valence-corrected chi connectivity index (χ4v) is 2.28. The van der Waals surface area contributed by atoms with Crippen LogP contribution in [0.3, 0.4) is 0 Å². The van der Waals surface area contributed by atoms with Gasteiger partial charge in [0.2, 0.25) is 0 Å². The quantitative estimate of drug-likeness (QED) is 0.638. The Morgan fingerprint density at radius 3 is 3.07 bits per heavy atom. The summed E-state index contributed by atoms with van der Waals surface area (Å²) in [5.74, 6) is 0.709. The van der Waals surface area contributed by atoms with E-state index in [4.69, 9.17) is 11.6 Å². The average molecular weight is 221 g/mol. The van der Waals surface area contributed by atoms with Crippen LogP contribution >= 0.6 is 11.6 Å². The maximum Gasteiger partial charge on any atom is 0.261 e. The van der Waals surface area contributed by atoms with Crippen molar-refractivity contribution in [2.24, 2.45) is 0 Å². The Morgan fingerprint density at radius 1 is 1.40 bits per heavy atom. The molecular formula is C11H9ClN2O. The molecule has 1 aromatic heterocycles. The van der Waals surface area contributed by atoms with Crippen LogP contribution in [0.25, 0.3) is 10.9 Å². The van der Waals surface area contributed by atoms with Crippen molar-refractivity contribution in [3.05, 3.63) is 40.4 Å². The highest BCUT2D eigenvalue weighted by Crippen LogP contribution is 2.29. The molecule has 0 aliphatic carbocycles. The van der Waals surface area contributed by atoms with E-state index in [0.29, 0.717) is 17.8 Å². The van der Waals surface area contributed by atoms with E-state index >= 15 is 0 Å². The van der Waals surface area contributed by atoms with Gasteiger partial charge in [0.1, 0.15) is 5.82 Å². The number of hydrogen-bond donors (Lipinski definition) is 0. The van der Waals surface area contributed by atoms with E-state index in [1.807, 2.05) is 18.2 Å². The highest BCUT2D eigenvalue weighted by Gasteiger charge is 2.23. The number of hydrogen-bond acceptors (Lipinski definition) is 2. The van der Waals surface area contributed by atoms with Crippen molar-refractivity contribution < 1.29 is 0 Å². The van der Waals surface area contributed by atoms with Gasteiger partial charge in [0.25, 0.3) is 5.56 Å². The first-order valence-electron chi connectivity index (χ1n) is 4.91. The van der Waals surface area contributed by atoms with Crippen molar-refractivity contribution in [1.82, 2.24) is 9.55 Å². The second-order valence-corrected chi connectivity index (χ2v) is 4.23. The molecule has 0 spiro atoms. The number of halogens is 1. The molecule has 1 aromatic carbocycles. The number of aromatic nitrogens is 2. The third kappa shape index (κ3) is 1.20. The molecule has 0 saturated carbocycles. The van der Waals surface area contributed by atoms with Crippen LogP contribution in [0.1, 0.15) is 17.6 Å². The number of para-hydroxylation sites is 1. The van der Waals surface area contributed by atoms with Gasteiger partial charge < -0.3 is 0 Å². The summed E-state index contributed by atoms with van der Waals surface area (Å²) < 4.78 is 1.68. The molecule has 2 heterocycles. The minimum absolute atomic E-state index is 0.0266. The molecule has 1 aliphatic rings. The molecule has 0 N–H and O–H groups in total. The lowest BCUT2D eigenvalue weighted by molar-refractivity contribution is 0.717. The molecule has 0 bridgehead atoms. The van der Waals surface area contributed by atoms with Crippen LogP contribution in [-0.4, -0.2) is 9.55 Å². The minimum atomic E-state index is -0.123. The Labute approximate surface area is 91.3 Å². The molecule has 15 heavy (non-hydrogen) atoms. The van der Waals surface area contributed by atoms with Gasteiger partial charge in [0.05, 0.1) is 16.3 Å². The Kier molecular flexibility index (Phi) is 1.83.